The van der Waals surface area contributed by atoms with Gasteiger partial charge >= 0.3 is 0 Å². The van der Waals surface area contributed by atoms with Crippen LogP contribution in [0.3, 0.4) is 0 Å². The maximum Gasteiger partial charge on any atom is 0.137 e. The molecule has 2 atom stereocenters. The second-order valence-corrected chi connectivity index (χ2v) is 5.59. The van der Waals surface area contributed by atoms with Crippen LogP contribution in [-0.4, -0.2) is 11.2 Å². The normalized spacial score (nSPS) is 14.2. The number of aliphatic hydroxyl groups is 1. The second kappa shape index (κ2) is 8.10. The Morgan fingerprint density at radius 2 is 1.94 bits per heavy atom. The van der Waals surface area contributed by atoms with Crippen LogP contribution in [0, 0.1) is 11.7 Å². The Kier molecular flexibility index (Phi) is 8.03. The highest BCUT2D eigenvalue weighted by Crippen LogP contribution is 2.23. The van der Waals surface area contributed by atoms with E-state index in [2.05, 4.69) is 29.8 Å². The third-order valence-corrected chi connectivity index (χ3v) is 3.43. The molecule has 0 aliphatic rings. The number of aliphatic hydroxyl groups excluding tert-OH is 1. The average molecular weight is 341 g/mol. The van der Waals surface area contributed by atoms with Crippen LogP contribution in [0.1, 0.15) is 38.3 Å². The van der Waals surface area contributed by atoms with Crippen LogP contribution < -0.4 is 5.73 Å². The molecule has 0 unspecified atom stereocenters. The molecule has 0 aliphatic carbocycles. The molecule has 2 nitrogen and oxygen atoms in total. The van der Waals surface area contributed by atoms with Gasteiger partial charge in [0.25, 0.3) is 0 Å². The van der Waals surface area contributed by atoms with Crippen molar-refractivity contribution in [2.45, 2.75) is 38.8 Å². The number of benzene rings is 1. The number of nitrogens with two attached hydrogens (primary N) is 1. The minimum atomic E-state index is -0.627. The summed E-state index contributed by atoms with van der Waals surface area (Å²) in [7, 11) is 0. The standard InChI is InChI=1S/C13H19BrFNO.ClH/c1-8(2)3-6-12(17)13(16)9-4-5-10(14)11(15)7-9;/h4-5,7-8,12-13,17H,3,6,16H2,1-2H3;1H/t12-,13+;/m0./s1. The lowest BCUT2D eigenvalue weighted by Crippen LogP contribution is -2.26. The Labute approximate surface area is 122 Å². The van der Waals surface area contributed by atoms with Crippen molar-refractivity contribution in [3.8, 4) is 0 Å². The zero-order valence-corrected chi connectivity index (χ0v) is 13.0. The number of rotatable bonds is 5. The summed E-state index contributed by atoms with van der Waals surface area (Å²) in [6.45, 7) is 4.19. The van der Waals surface area contributed by atoms with Crippen LogP contribution in [0.2, 0.25) is 0 Å². The van der Waals surface area contributed by atoms with Crippen molar-refractivity contribution in [3.63, 3.8) is 0 Å². The minimum Gasteiger partial charge on any atom is -0.391 e. The predicted octanol–water partition coefficient (Wildman–Crippen LogP) is 3.81. The zero-order valence-electron chi connectivity index (χ0n) is 10.6. The van der Waals surface area contributed by atoms with Crippen LogP contribution in [0.15, 0.2) is 22.7 Å². The molecule has 5 heteroatoms. The summed E-state index contributed by atoms with van der Waals surface area (Å²) in [6.07, 6.45) is 0.919. The highest BCUT2D eigenvalue weighted by molar-refractivity contribution is 9.10. The Balaban J connectivity index is 0.00000289. The summed E-state index contributed by atoms with van der Waals surface area (Å²) in [5.41, 5.74) is 6.54. The molecular formula is C13H20BrClFNO. The van der Waals surface area contributed by atoms with E-state index in [1.165, 1.54) is 6.07 Å². The van der Waals surface area contributed by atoms with Gasteiger partial charge in [-0.3, -0.25) is 0 Å². The van der Waals surface area contributed by atoms with Crippen LogP contribution in [0.25, 0.3) is 0 Å². The Morgan fingerprint density at radius 3 is 2.44 bits per heavy atom. The maximum absolute atomic E-state index is 13.3. The fraction of sp³-hybridized carbons (Fsp3) is 0.538. The maximum atomic E-state index is 13.3. The van der Waals surface area contributed by atoms with Crippen LogP contribution >= 0.6 is 28.3 Å². The molecule has 0 aromatic heterocycles. The molecule has 0 bridgehead atoms. The first-order chi connectivity index (χ1) is 7.91. The minimum absolute atomic E-state index is 0. The molecular weight excluding hydrogens is 321 g/mol. The highest BCUT2D eigenvalue weighted by atomic mass is 79.9. The number of halogens is 3. The summed E-state index contributed by atoms with van der Waals surface area (Å²) < 4.78 is 13.7. The van der Waals surface area contributed by atoms with E-state index in [-0.39, 0.29) is 18.2 Å². The quantitative estimate of drug-likeness (QED) is 0.856. The van der Waals surface area contributed by atoms with Crippen molar-refractivity contribution in [3.05, 3.63) is 34.1 Å². The molecule has 18 heavy (non-hydrogen) atoms. The summed E-state index contributed by atoms with van der Waals surface area (Å²) in [5.74, 6) is 0.174. The van der Waals surface area contributed by atoms with Gasteiger partial charge in [-0.1, -0.05) is 19.9 Å². The molecule has 0 heterocycles. The molecule has 0 saturated carbocycles. The van der Waals surface area contributed by atoms with Gasteiger partial charge in [0.1, 0.15) is 5.82 Å². The van der Waals surface area contributed by atoms with Crippen molar-refractivity contribution in [2.75, 3.05) is 0 Å². The Hall–Kier alpha value is -0.160. The topological polar surface area (TPSA) is 46.2 Å². The molecule has 1 aromatic carbocycles. The molecule has 0 spiro atoms. The molecule has 1 aromatic rings. The fourth-order valence-corrected chi connectivity index (χ4v) is 1.87. The molecule has 0 saturated heterocycles. The van der Waals surface area contributed by atoms with Crippen molar-refractivity contribution in [2.24, 2.45) is 11.7 Å². The summed E-state index contributed by atoms with van der Waals surface area (Å²) in [5, 5.41) is 9.92. The lowest BCUT2D eigenvalue weighted by atomic mass is 9.96. The molecule has 1 rings (SSSR count). The van der Waals surface area contributed by atoms with Gasteiger partial charge in [-0.15, -0.1) is 12.4 Å². The van der Waals surface area contributed by atoms with Gasteiger partial charge in [0.05, 0.1) is 16.6 Å². The summed E-state index contributed by atoms with van der Waals surface area (Å²) >= 11 is 3.09. The largest absolute Gasteiger partial charge is 0.391 e. The van der Waals surface area contributed by atoms with Gasteiger partial charge in [-0.2, -0.15) is 0 Å². The van der Waals surface area contributed by atoms with Crippen molar-refractivity contribution in [1.29, 1.82) is 0 Å². The fourth-order valence-electron chi connectivity index (χ4n) is 1.63. The molecule has 0 fully saturated rings. The van der Waals surface area contributed by atoms with Gasteiger partial charge < -0.3 is 10.8 Å². The Morgan fingerprint density at radius 1 is 1.33 bits per heavy atom. The first-order valence-electron chi connectivity index (χ1n) is 5.80. The summed E-state index contributed by atoms with van der Waals surface area (Å²) in [4.78, 5) is 0. The highest BCUT2D eigenvalue weighted by Gasteiger charge is 2.18. The number of hydrogen-bond donors (Lipinski definition) is 2. The third kappa shape index (κ3) is 5.22. The van der Waals surface area contributed by atoms with Crippen LogP contribution in [0.4, 0.5) is 4.39 Å². The first-order valence-corrected chi connectivity index (χ1v) is 6.59. The van der Waals surface area contributed by atoms with Gasteiger partial charge in [0.15, 0.2) is 0 Å². The van der Waals surface area contributed by atoms with Crippen molar-refractivity contribution < 1.29 is 9.50 Å². The zero-order chi connectivity index (χ0) is 13.0. The van der Waals surface area contributed by atoms with E-state index >= 15 is 0 Å². The lowest BCUT2D eigenvalue weighted by molar-refractivity contribution is 0.128. The van der Waals surface area contributed by atoms with Crippen LogP contribution in [0.5, 0.6) is 0 Å². The van der Waals surface area contributed by atoms with E-state index in [1.54, 1.807) is 12.1 Å². The average Bonchev–Trinajstić information content (AvgIpc) is 2.28. The number of hydrogen-bond acceptors (Lipinski definition) is 2. The van der Waals surface area contributed by atoms with E-state index in [0.717, 1.165) is 6.42 Å². The Bertz CT molecular complexity index is 376. The summed E-state index contributed by atoms with van der Waals surface area (Å²) in [6, 6.07) is 4.18. The molecule has 0 amide bonds. The second-order valence-electron chi connectivity index (χ2n) is 4.74. The van der Waals surface area contributed by atoms with Gasteiger partial charge in [0, 0.05) is 0 Å². The molecule has 0 aliphatic heterocycles. The molecule has 3 N–H and O–H groups in total. The monoisotopic (exact) mass is 339 g/mol. The van der Waals surface area contributed by atoms with E-state index in [9.17, 15) is 9.50 Å². The predicted molar refractivity (Wildman–Crippen MR) is 78.4 cm³/mol. The van der Waals surface area contributed by atoms with Crippen LogP contribution in [-0.2, 0) is 0 Å². The van der Waals surface area contributed by atoms with Gasteiger partial charge in [-0.05, 0) is 52.4 Å². The van der Waals surface area contributed by atoms with E-state index in [1.807, 2.05) is 0 Å². The van der Waals surface area contributed by atoms with Crippen molar-refractivity contribution >= 4 is 28.3 Å². The SMILES string of the molecule is CC(C)CC[C@H](O)[C@H](N)c1ccc(Br)c(F)c1.Cl. The molecule has 104 valence electrons. The van der Waals surface area contributed by atoms with E-state index in [4.69, 9.17) is 5.73 Å². The third-order valence-electron chi connectivity index (χ3n) is 2.78. The van der Waals surface area contributed by atoms with Crippen molar-refractivity contribution in [1.82, 2.24) is 0 Å². The lowest BCUT2D eigenvalue weighted by Gasteiger charge is -2.20. The van der Waals surface area contributed by atoms with E-state index < -0.39 is 12.1 Å². The van der Waals surface area contributed by atoms with Gasteiger partial charge in [0.2, 0.25) is 0 Å². The molecule has 0 radical (unpaired) electrons. The first kappa shape index (κ1) is 17.8. The van der Waals surface area contributed by atoms with E-state index in [0.29, 0.717) is 22.4 Å². The van der Waals surface area contributed by atoms with Gasteiger partial charge in [-0.25, -0.2) is 4.39 Å². The smallest absolute Gasteiger partial charge is 0.137 e.